The van der Waals surface area contributed by atoms with Crippen molar-refractivity contribution in [1.29, 1.82) is 0 Å². The number of amides is 1. The second kappa shape index (κ2) is 5.77. The number of halogens is 1. The smallest absolute Gasteiger partial charge is 0.272 e. The Labute approximate surface area is 133 Å². The van der Waals surface area contributed by atoms with E-state index in [-0.39, 0.29) is 17.8 Å². The zero-order valence-corrected chi connectivity index (χ0v) is 12.7. The van der Waals surface area contributed by atoms with Crippen LogP contribution in [0.15, 0.2) is 36.5 Å². The number of rotatable bonds is 3. The summed E-state index contributed by atoms with van der Waals surface area (Å²) in [5.74, 6) is -0.434. The highest BCUT2D eigenvalue weighted by molar-refractivity contribution is 5.92. The first kappa shape index (κ1) is 14.4. The van der Waals surface area contributed by atoms with Crippen LogP contribution in [-0.2, 0) is 0 Å². The summed E-state index contributed by atoms with van der Waals surface area (Å²) in [6, 6.07) is 9.00. The molecule has 3 heterocycles. The van der Waals surface area contributed by atoms with Gasteiger partial charge in [-0.3, -0.25) is 4.79 Å². The number of fused-ring (bicyclic) bond motifs is 2. The van der Waals surface area contributed by atoms with Gasteiger partial charge in [0.15, 0.2) is 5.69 Å². The molecule has 0 aliphatic carbocycles. The maximum atomic E-state index is 13.0. The van der Waals surface area contributed by atoms with E-state index in [9.17, 15) is 9.18 Å². The van der Waals surface area contributed by atoms with Crippen LogP contribution in [0, 0.1) is 5.82 Å². The van der Waals surface area contributed by atoms with Crippen LogP contribution in [0.2, 0.25) is 0 Å². The summed E-state index contributed by atoms with van der Waals surface area (Å²) in [5.41, 5.74) is 1.12. The zero-order chi connectivity index (χ0) is 15.8. The number of hydrogen-bond donors (Lipinski definition) is 2. The topological polar surface area (TPSA) is 59.0 Å². The summed E-state index contributed by atoms with van der Waals surface area (Å²) in [6.45, 7) is 0. The number of nitrogens with zero attached hydrogens (tertiary/aromatic N) is 2. The Morgan fingerprint density at radius 2 is 1.87 bits per heavy atom. The highest BCUT2D eigenvalue weighted by Gasteiger charge is 2.34. The SMILES string of the molecule is O=C(NC1CC2CCC(C1)N2)c1ccn(-c2ccc(F)cc2)n1. The fourth-order valence-electron chi connectivity index (χ4n) is 3.62. The minimum Gasteiger partial charge on any atom is -0.348 e. The lowest BCUT2D eigenvalue weighted by Gasteiger charge is -2.29. The van der Waals surface area contributed by atoms with Crippen LogP contribution in [0.1, 0.15) is 36.2 Å². The molecule has 4 rings (SSSR count). The fourth-order valence-corrected chi connectivity index (χ4v) is 3.62. The molecule has 0 spiro atoms. The van der Waals surface area contributed by atoms with Crippen LogP contribution in [0.3, 0.4) is 0 Å². The Kier molecular flexibility index (Phi) is 3.61. The van der Waals surface area contributed by atoms with Crippen molar-refractivity contribution in [2.75, 3.05) is 0 Å². The maximum Gasteiger partial charge on any atom is 0.272 e. The van der Waals surface area contributed by atoms with Crippen molar-refractivity contribution < 1.29 is 9.18 Å². The molecule has 1 aromatic heterocycles. The monoisotopic (exact) mass is 314 g/mol. The zero-order valence-electron chi connectivity index (χ0n) is 12.7. The maximum absolute atomic E-state index is 13.0. The summed E-state index contributed by atoms with van der Waals surface area (Å²) < 4.78 is 14.5. The van der Waals surface area contributed by atoms with Gasteiger partial charge in [0.2, 0.25) is 0 Å². The van der Waals surface area contributed by atoms with Gasteiger partial charge in [-0.15, -0.1) is 0 Å². The molecule has 2 aliphatic heterocycles. The van der Waals surface area contributed by atoms with Crippen molar-refractivity contribution in [1.82, 2.24) is 20.4 Å². The van der Waals surface area contributed by atoms with E-state index in [1.807, 2.05) is 0 Å². The van der Waals surface area contributed by atoms with Gasteiger partial charge in [0.05, 0.1) is 5.69 Å². The Balaban J connectivity index is 1.44. The van der Waals surface area contributed by atoms with E-state index in [4.69, 9.17) is 0 Å². The van der Waals surface area contributed by atoms with Crippen LogP contribution in [-0.4, -0.2) is 33.8 Å². The lowest BCUT2D eigenvalue weighted by atomic mass is 10.00. The third-order valence-electron chi connectivity index (χ3n) is 4.72. The van der Waals surface area contributed by atoms with E-state index < -0.39 is 0 Å². The quantitative estimate of drug-likeness (QED) is 0.911. The van der Waals surface area contributed by atoms with Gasteiger partial charge >= 0.3 is 0 Å². The van der Waals surface area contributed by atoms with Gasteiger partial charge in [0, 0.05) is 24.3 Å². The number of carbonyl (C=O) groups is 1. The molecule has 120 valence electrons. The molecule has 1 amide bonds. The lowest BCUT2D eigenvalue weighted by Crippen LogP contribution is -2.48. The number of piperidine rings is 1. The molecule has 2 N–H and O–H groups in total. The molecule has 23 heavy (non-hydrogen) atoms. The van der Waals surface area contributed by atoms with Crippen molar-refractivity contribution in [3.8, 4) is 5.69 Å². The molecule has 2 aromatic rings. The Hall–Kier alpha value is -2.21. The Morgan fingerprint density at radius 3 is 2.57 bits per heavy atom. The summed E-state index contributed by atoms with van der Waals surface area (Å²) in [5, 5.41) is 11.0. The predicted octanol–water partition coefficient (Wildman–Crippen LogP) is 2.02. The number of hydrogen-bond acceptors (Lipinski definition) is 3. The molecule has 2 bridgehead atoms. The van der Waals surface area contributed by atoms with Gasteiger partial charge < -0.3 is 10.6 Å². The molecule has 2 unspecified atom stereocenters. The summed E-state index contributed by atoms with van der Waals surface area (Å²) >= 11 is 0. The van der Waals surface area contributed by atoms with Crippen LogP contribution < -0.4 is 10.6 Å². The lowest BCUT2D eigenvalue weighted by molar-refractivity contribution is 0.0918. The molecule has 2 aliphatic rings. The fraction of sp³-hybridized carbons (Fsp3) is 0.412. The molecule has 2 saturated heterocycles. The van der Waals surface area contributed by atoms with Crippen molar-refractivity contribution >= 4 is 5.91 Å². The predicted molar refractivity (Wildman–Crippen MR) is 84.0 cm³/mol. The molecule has 5 nitrogen and oxygen atoms in total. The standard InChI is InChI=1S/C17H19FN4O/c18-11-1-5-15(6-2-11)22-8-7-16(21-22)17(23)20-14-9-12-3-4-13(10-14)19-12/h1-2,5-8,12-14,19H,3-4,9-10H2,(H,20,23). The molecule has 2 atom stereocenters. The minimum absolute atomic E-state index is 0.142. The first-order valence-corrected chi connectivity index (χ1v) is 8.06. The largest absolute Gasteiger partial charge is 0.348 e. The van der Waals surface area contributed by atoms with E-state index in [0.29, 0.717) is 17.8 Å². The van der Waals surface area contributed by atoms with Gasteiger partial charge in [-0.1, -0.05) is 0 Å². The summed E-state index contributed by atoms with van der Waals surface area (Å²) in [7, 11) is 0. The van der Waals surface area contributed by atoms with Gasteiger partial charge in [0.1, 0.15) is 5.82 Å². The summed E-state index contributed by atoms with van der Waals surface area (Å²) in [6.07, 6.45) is 6.10. The van der Waals surface area contributed by atoms with E-state index in [0.717, 1.165) is 18.5 Å². The van der Waals surface area contributed by atoms with Gasteiger partial charge in [-0.05, 0) is 56.0 Å². The Bertz CT molecular complexity index is 700. The average molecular weight is 314 g/mol. The molecule has 6 heteroatoms. The second-order valence-electron chi connectivity index (χ2n) is 6.40. The minimum atomic E-state index is -0.292. The normalized spacial score (nSPS) is 26.2. The number of aromatic nitrogens is 2. The molecular formula is C17H19FN4O. The van der Waals surface area contributed by atoms with E-state index in [1.54, 1.807) is 29.1 Å². The highest BCUT2D eigenvalue weighted by Crippen LogP contribution is 2.26. The third-order valence-corrected chi connectivity index (χ3v) is 4.72. The van der Waals surface area contributed by atoms with Crippen LogP contribution in [0.4, 0.5) is 4.39 Å². The van der Waals surface area contributed by atoms with Gasteiger partial charge in [-0.2, -0.15) is 5.10 Å². The molecule has 1 aromatic carbocycles. The second-order valence-corrected chi connectivity index (χ2v) is 6.40. The first-order chi connectivity index (χ1) is 11.2. The van der Waals surface area contributed by atoms with Crippen LogP contribution >= 0.6 is 0 Å². The number of benzene rings is 1. The van der Waals surface area contributed by atoms with Crippen LogP contribution in [0.25, 0.3) is 5.69 Å². The number of carbonyl (C=O) groups excluding carboxylic acids is 1. The van der Waals surface area contributed by atoms with Gasteiger partial charge in [-0.25, -0.2) is 9.07 Å². The highest BCUT2D eigenvalue weighted by atomic mass is 19.1. The van der Waals surface area contributed by atoms with Crippen molar-refractivity contribution in [2.45, 2.75) is 43.8 Å². The third kappa shape index (κ3) is 2.99. The molecule has 2 fully saturated rings. The average Bonchev–Trinajstić information content (AvgIpc) is 3.15. The molecular weight excluding hydrogens is 295 g/mol. The molecule has 0 radical (unpaired) electrons. The van der Waals surface area contributed by atoms with Crippen molar-refractivity contribution in [3.05, 3.63) is 48.0 Å². The molecule has 0 saturated carbocycles. The van der Waals surface area contributed by atoms with E-state index >= 15 is 0 Å². The van der Waals surface area contributed by atoms with E-state index in [1.165, 1.54) is 25.0 Å². The summed E-state index contributed by atoms with van der Waals surface area (Å²) in [4.78, 5) is 12.4. The Morgan fingerprint density at radius 1 is 1.17 bits per heavy atom. The number of nitrogens with one attached hydrogen (secondary N) is 2. The van der Waals surface area contributed by atoms with Crippen LogP contribution in [0.5, 0.6) is 0 Å². The van der Waals surface area contributed by atoms with Crippen molar-refractivity contribution in [2.24, 2.45) is 0 Å². The van der Waals surface area contributed by atoms with Gasteiger partial charge in [0.25, 0.3) is 5.91 Å². The van der Waals surface area contributed by atoms with E-state index in [2.05, 4.69) is 15.7 Å². The van der Waals surface area contributed by atoms with Crippen molar-refractivity contribution in [3.63, 3.8) is 0 Å². The first-order valence-electron chi connectivity index (χ1n) is 8.06.